The van der Waals surface area contributed by atoms with Crippen LogP contribution < -0.4 is 18.9 Å². The zero-order valence-electron chi connectivity index (χ0n) is 13.9. The summed E-state index contributed by atoms with van der Waals surface area (Å²) in [4.78, 5) is 0. The standard InChI is InChI=1S/C20H18O5/c1-22-14-3-7-16(8-4-14)24-18-11-12-20(19(21)13-18)25-17-9-5-15(23-2)6-10-17/h3-13,21H,1-2H3. The van der Waals surface area contributed by atoms with Crippen molar-refractivity contribution in [3.8, 4) is 40.2 Å². The third kappa shape index (κ3) is 4.14. The maximum atomic E-state index is 10.2. The molecule has 0 atom stereocenters. The summed E-state index contributed by atoms with van der Waals surface area (Å²) in [6.07, 6.45) is 0. The van der Waals surface area contributed by atoms with Crippen molar-refractivity contribution in [1.29, 1.82) is 0 Å². The molecule has 0 aliphatic carbocycles. The molecule has 3 aromatic carbocycles. The maximum absolute atomic E-state index is 10.2. The van der Waals surface area contributed by atoms with Crippen molar-refractivity contribution in [2.75, 3.05) is 14.2 Å². The molecule has 0 unspecified atom stereocenters. The summed E-state index contributed by atoms with van der Waals surface area (Å²) >= 11 is 0. The summed E-state index contributed by atoms with van der Waals surface area (Å²) in [6, 6.07) is 19.2. The van der Waals surface area contributed by atoms with Crippen LogP contribution in [0.4, 0.5) is 0 Å². The Hall–Kier alpha value is -3.34. The highest BCUT2D eigenvalue weighted by molar-refractivity contribution is 5.48. The molecule has 0 saturated carbocycles. The second-order valence-corrected chi connectivity index (χ2v) is 5.18. The van der Waals surface area contributed by atoms with Gasteiger partial charge in [-0.3, -0.25) is 0 Å². The largest absolute Gasteiger partial charge is 0.504 e. The average molecular weight is 338 g/mol. The molecule has 0 fully saturated rings. The Bertz CT molecular complexity index is 826. The Morgan fingerprint density at radius 3 is 1.48 bits per heavy atom. The summed E-state index contributed by atoms with van der Waals surface area (Å²) in [6.45, 7) is 0. The van der Waals surface area contributed by atoms with Crippen molar-refractivity contribution >= 4 is 0 Å². The number of phenols is 1. The Morgan fingerprint density at radius 1 is 0.560 bits per heavy atom. The minimum atomic E-state index is -0.0122. The van der Waals surface area contributed by atoms with Crippen LogP contribution in [0.3, 0.4) is 0 Å². The van der Waals surface area contributed by atoms with E-state index in [-0.39, 0.29) is 5.75 Å². The number of rotatable bonds is 6. The molecule has 1 N–H and O–H groups in total. The summed E-state index contributed by atoms with van der Waals surface area (Å²) in [5, 5.41) is 10.2. The molecule has 0 amide bonds. The molecule has 0 heterocycles. The Morgan fingerprint density at radius 2 is 1.00 bits per heavy atom. The lowest BCUT2D eigenvalue weighted by Crippen LogP contribution is -1.88. The van der Waals surface area contributed by atoms with Crippen LogP contribution in [0.2, 0.25) is 0 Å². The summed E-state index contributed by atoms with van der Waals surface area (Å²) in [5.41, 5.74) is 0. The smallest absolute Gasteiger partial charge is 0.169 e. The van der Waals surface area contributed by atoms with E-state index >= 15 is 0 Å². The van der Waals surface area contributed by atoms with Crippen LogP contribution >= 0.6 is 0 Å². The second kappa shape index (κ2) is 7.49. The normalized spacial score (nSPS) is 10.2. The van der Waals surface area contributed by atoms with Gasteiger partial charge in [-0.25, -0.2) is 0 Å². The number of hydrogen-bond acceptors (Lipinski definition) is 5. The van der Waals surface area contributed by atoms with Gasteiger partial charge in [0.15, 0.2) is 11.5 Å². The molecule has 0 aromatic heterocycles. The van der Waals surface area contributed by atoms with Gasteiger partial charge in [0.2, 0.25) is 0 Å². The Labute approximate surface area is 146 Å². The highest BCUT2D eigenvalue weighted by atomic mass is 16.5. The van der Waals surface area contributed by atoms with E-state index in [4.69, 9.17) is 18.9 Å². The molecule has 0 aliphatic heterocycles. The molecule has 0 radical (unpaired) electrons. The van der Waals surface area contributed by atoms with Crippen LogP contribution in [0, 0.1) is 0 Å². The van der Waals surface area contributed by atoms with Crippen molar-refractivity contribution in [2.24, 2.45) is 0 Å². The second-order valence-electron chi connectivity index (χ2n) is 5.18. The van der Waals surface area contributed by atoms with E-state index in [0.717, 1.165) is 11.5 Å². The number of benzene rings is 3. The molecule has 128 valence electrons. The molecule has 5 nitrogen and oxygen atoms in total. The summed E-state index contributed by atoms with van der Waals surface area (Å²) < 4.78 is 21.6. The van der Waals surface area contributed by atoms with E-state index in [9.17, 15) is 5.11 Å². The molecule has 0 aliphatic rings. The molecule has 3 aromatic rings. The first-order chi connectivity index (χ1) is 12.2. The lowest BCUT2D eigenvalue weighted by molar-refractivity contribution is 0.400. The number of hydrogen-bond donors (Lipinski definition) is 1. The van der Waals surface area contributed by atoms with E-state index in [2.05, 4.69) is 0 Å². The van der Waals surface area contributed by atoms with E-state index in [1.807, 2.05) is 0 Å². The van der Waals surface area contributed by atoms with Crippen LogP contribution in [0.5, 0.6) is 40.2 Å². The highest BCUT2D eigenvalue weighted by Crippen LogP contribution is 2.35. The number of phenolic OH excluding ortho intramolecular Hbond substituents is 1. The average Bonchev–Trinajstić information content (AvgIpc) is 2.65. The molecular formula is C20H18O5. The first-order valence-electron chi connectivity index (χ1n) is 7.65. The van der Waals surface area contributed by atoms with E-state index in [1.54, 1.807) is 74.9 Å². The zero-order valence-corrected chi connectivity index (χ0v) is 13.9. The Balaban J connectivity index is 1.70. The number of methoxy groups -OCH3 is 2. The van der Waals surface area contributed by atoms with E-state index in [1.165, 1.54) is 6.07 Å². The zero-order chi connectivity index (χ0) is 17.6. The quantitative estimate of drug-likeness (QED) is 0.686. The van der Waals surface area contributed by atoms with Gasteiger partial charge in [-0.2, -0.15) is 0 Å². The first kappa shape index (κ1) is 16.5. The minimum absolute atomic E-state index is 0.0122. The van der Waals surface area contributed by atoms with Crippen molar-refractivity contribution < 1.29 is 24.1 Å². The van der Waals surface area contributed by atoms with Crippen molar-refractivity contribution in [3.05, 3.63) is 66.7 Å². The highest BCUT2D eigenvalue weighted by Gasteiger charge is 2.07. The topological polar surface area (TPSA) is 57.2 Å². The van der Waals surface area contributed by atoms with Gasteiger partial charge < -0.3 is 24.1 Å². The summed E-state index contributed by atoms with van der Waals surface area (Å²) in [5.74, 6) is 3.56. The van der Waals surface area contributed by atoms with Gasteiger partial charge in [-0.15, -0.1) is 0 Å². The predicted molar refractivity (Wildman–Crippen MR) is 94.2 cm³/mol. The minimum Gasteiger partial charge on any atom is -0.504 e. The van der Waals surface area contributed by atoms with Gasteiger partial charge in [0.05, 0.1) is 14.2 Å². The molecule has 5 heteroatoms. The molecule has 25 heavy (non-hydrogen) atoms. The molecular weight excluding hydrogens is 320 g/mol. The maximum Gasteiger partial charge on any atom is 0.169 e. The van der Waals surface area contributed by atoms with Gasteiger partial charge in [0.25, 0.3) is 0 Å². The van der Waals surface area contributed by atoms with E-state index in [0.29, 0.717) is 23.0 Å². The first-order valence-corrected chi connectivity index (χ1v) is 7.65. The van der Waals surface area contributed by atoms with Crippen LogP contribution in [0.15, 0.2) is 66.7 Å². The molecule has 0 bridgehead atoms. The number of ether oxygens (including phenoxy) is 4. The van der Waals surface area contributed by atoms with Gasteiger partial charge in [0, 0.05) is 6.07 Å². The van der Waals surface area contributed by atoms with Crippen molar-refractivity contribution in [1.82, 2.24) is 0 Å². The van der Waals surface area contributed by atoms with E-state index < -0.39 is 0 Å². The molecule has 0 saturated heterocycles. The van der Waals surface area contributed by atoms with Crippen LogP contribution in [0.1, 0.15) is 0 Å². The number of aromatic hydroxyl groups is 1. The van der Waals surface area contributed by atoms with Crippen LogP contribution in [0.25, 0.3) is 0 Å². The van der Waals surface area contributed by atoms with Gasteiger partial charge in [-0.05, 0) is 60.7 Å². The van der Waals surface area contributed by atoms with Gasteiger partial charge in [0.1, 0.15) is 28.7 Å². The lowest BCUT2D eigenvalue weighted by atomic mass is 10.3. The third-order valence-electron chi connectivity index (χ3n) is 3.51. The monoisotopic (exact) mass is 338 g/mol. The van der Waals surface area contributed by atoms with Crippen molar-refractivity contribution in [2.45, 2.75) is 0 Å². The Kier molecular flexibility index (Phi) is 4.95. The summed E-state index contributed by atoms with van der Waals surface area (Å²) in [7, 11) is 3.21. The molecule has 3 rings (SSSR count). The van der Waals surface area contributed by atoms with Crippen LogP contribution in [-0.4, -0.2) is 19.3 Å². The molecule has 0 spiro atoms. The van der Waals surface area contributed by atoms with Crippen LogP contribution in [-0.2, 0) is 0 Å². The SMILES string of the molecule is COc1ccc(Oc2ccc(Oc3ccc(OC)cc3)c(O)c2)cc1. The fourth-order valence-corrected chi connectivity index (χ4v) is 2.20. The fraction of sp³-hybridized carbons (Fsp3) is 0.100. The van der Waals surface area contributed by atoms with Crippen molar-refractivity contribution in [3.63, 3.8) is 0 Å². The van der Waals surface area contributed by atoms with Gasteiger partial charge >= 0.3 is 0 Å². The van der Waals surface area contributed by atoms with Gasteiger partial charge in [-0.1, -0.05) is 0 Å². The fourth-order valence-electron chi connectivity index (χ4n) is 2.20. The third-order valence-corrected chi connectivity index (χ3v) is 3.51. The predicted octanol–water partition coefficient (Wildman–Crippen LogP) is 4.99. The lowest BCUT2D eigenvalue weighted by Gasteiger charge is -2.11.